The third-order valence-electron chi connectivity index (χ3n) is 4.04. The smallest absolute Gasteiger partial charge is 0.264 e. The molecule has 0 atom stereocenters. The summed E-state index contributed by atoms with van der Waals surface area (Å²) in [5, 5.41) is 2.84. The number of carbonyl (C=O) groups excluding carboxylic acids is 1. The molecule has 0 saturated carbocycles. The van der Waals surface area contributed by atoms with Crippen molar-refractivity contribution in [1.29, 1.82) is 0 Å². The Labute approximate surface area is 160 Å². The Bertz CT molecular complexity index is 863. The number of benzene rings is 2. The van der Waals surface area contributed by atoms with Crippen LogP contribution >= 0.6 is 0 Å². The van der Waals surface area contributed by atoms with E-state index in [1.54, 1.807) is 0 Å². The van der Waals surface area contributed by atoms with Crippen LogP contribution in [0.2, 0.25) is 0 Å². The molecule has 0 heterocycles. The minimum absolute atomic E-state index is 0.0574. The van der Waals surface area contributed by atoms with Crippen LogP contribution in [0, 0.1) is 0 Å². The zero-order valence-electron chi connectivity index (χ0n) is 16.0. The molecule has 0 fully saturated rings. The summed E-state index contributed by atoms with van der Waals surface area (Å²) in [5.74, 6) is -0.263. The highest BCUT2D eigenvalue weighted by Crippen LogP contribution is 2.15. The molecule has 0 radical (unpaired) electrons. The number of nitrogens with one attached hydrogen (secondary N) is 2. The zero-order chi connectivity index (χ0) is 20.0. The second-order valence-electron chi connectivity index (χ2n) is 6.50. The highest BCUT2D eigenvalue weighted by Gasteiger charge is 2.20. The van der Waals surface area contributed by atoms with Gasteiger partial charge in [-0.15, -0.1) is 0 Å². The van der Waals surface area contributed by atoms with Crippen LogP contribution in [0.5, 0.6) is 0 Å². The number of amides is 1. The van der Waals surface area contributed by atoms with Crippen molar-refractivity contribution < 1.29 is 22.9 Å². The van der Waals surface area contributed by atoms with Gasteiger partial charge < -0.3 is 10.2 Å². The van der Waals surface area contributed by atoms with Gasteiger partial charge in [0.2, 0.25) is 0 Å². The van der Waals surface area contributed by atoms with E-state index in [0.29, 0.717) is 12.1 Å². The van der Waals surface area contributed by atoms with Crippen LogP contribution in [0.1, 0.15) is 21.5 Å². The first-order valence-corrected chi connectivity index (χ1v) is 9.96. The molecule has 2 rings (SSSR count). The molecule has 0 aromatic heterocycles. The lowest BCUT2D eigenvalue weighted by Gasteiger charge is -2.14. The van der Waals surface area contributed by atoms with Gasteiger partial charge in [-0.05, 0) is 29.8 Å². The molecule has 0 bridgehead atoms. The molecule has 7 nitrogen and oxygen atoms in total. The van der Waals surface area contributed by atoms with Crippen molar-refractivity contribution >= 4 is 15.9 Å². The molecule has 2 N–H and O–H groups in total. The van der Waals surface area contributed by atoms with Gasteiger partial charge in [-0.2, -0.15) is 0 Å². The summed E-state index contributed by atoms with van der Waals surface area (Å²) >= 11 is 0. The Balaban J connectivity index is 1.98. The molecule has 2 aromatic carbocycles. The first kappa shape index (κ1) is 21.0. The topological polar surface area (TPSA) is 80.1 Å². The van der Waals surface area contributed by atoms with E-state index in [1.165, 1.54) is 48.9 Å². The maximum atomic E-state index is 12.3. The Kier molecular flexibility index (Phi) is 7.09. The molecule has 0 aliphatic heterocycles. The van der Waals surface area contributed by atoms with Crippen LogP contribution in [0.15, 0.2) is 53.4 Å². The highest BCUT2D eigenvalue weighted by atomic mass is 32.2. The molecule has 0 saturated heterocycles. The second-order valence-corrected chi connectivity index (χ2v) is 8.44. The lowest BCUT2D eigenvalue weighted by Crippen LogP contribution is -3.04. The van der Waals surface area contributed by atoms with Crippen LogP contribution in [0.25, 0.3) is 0 Å². The van der Waals surface area contributed by atoms with Crippen molar-refractivity contribution in [3.8, 4) is 0 Å². The average molecular weight is 393 g/mol. The lowest BCUT2D eigenvalue weighted by atomic mass is 10.1. The normalized spacial score (nSPS) is 11.8. The van der Waals surface area contributed by atoms with E-state index < -0.39 is 10.0 Å². The monoisotopic (exact) mass is 392 g/mol. The fourth-order valence-corrected chi connectivity index (χ4v) is 3.47. The number of sulfonamides is 1. The largest absolute Gasteiger partial charge is 0.348 e. The summed E-state index contributed by atoms with van der Waals surface area (Å²) in [6, 6.07) is 13.8. The molecular weight excluding hydrogens is 366 g/mol. The van der Waals surface area contributed by atoms with Gasteiger partial charge in [-0.25, -0.2) is 8.42 Å². The standard InChI is InChI=1S/C19H25N3O4S/c1-21(2)14-16-7-5-15(6-8-16)13-20-19(23)17-9-11-18(12-10-17)27(24,25)22(3)26-4/h5-12H,13-14H2,1-4H3,(H,20,23)/p+1. The van der Waals surface area contributed by atoms with E-state index in [4.69, 9.17) is 4.84 Å². The van der Waals surface area contributed by atoms with Crippen molar-refractivity contribution in [2.24, 2.45) is 0 Å². The summed E-state index contributed by atoms with van der Waals surface area (Å²) in [7, 11) is 3.05. The molecule has 27 heavy (non-hydrogen) atoms. The Morgan fingerprint density at radius 2 is 1.59 bits per heavy atom. The van der Waals surface area contributed by atoms with Crippen molar-refractivity contribution in [1.82, 2.24) is 9.79 Å². The van der Waals surface area contributed by atoms with E-state index in [9.17, 15) is 13.2 Å². The van der Waals surface area contributed by atoms with Crippen LogP contribution < -0.4 is 10.2 Å². The summed E-state index contributed by atoms with van der Waals surface area (Å²) in [4.78, 5) is 18.4. The van der Waals surface area contributed by atoms with Gasteiger partial charge >= 0.3 is 0 Å². The maximum absolute atomic E-state index is 12.3. The minimum Gasteiger partial charge on any atom is -0.348 e. The number of rotatable bonds is 8. The SMILES string of the molecule is CON(C)S(=O)(=O)c1ccc(C(=O)NCc2ccc(C[NH+](C)C)cc2)cc1. The van der Waals surface area contributed by atoms with Gasteiger partial charge in [0.25, 0.3) is 15.9 Å². The van der Waals surface area contributed by atoms with E-state index >= 15 is 0 Å². The Morgan fingerprint density at radius 1 is 1.04 bits per heavy atom. The van der Waals surface area contributed by atoms with Gasteiger partial charge in [-0.3, -0.25) is 9.63 Å². The van der Waals surface area contributed by atoms with Crippen molar-refractivity contribution in [2.45, 2.75) is 18.0 Å². The first-order valence-electron chi connectivity index (χ1n) is 8.52. The van der Waals surface area contributed by atoms with Crippen LogP contribution in [0.4, 0.5) is 0 Å². The van der Waals surface area contributed by atoms with Gasteiger partial charge in [0.1, 0.15) is 6.54 Å². The van der Waals surface area contributed by atoms with Crippen LogP contribution in [0.3, 0.4) is 0 Å². The van der Waals surface area contributed by atoms with Crippen molar-refractivity contribution in [3.63, 3.8) is 0 Å². The highest BCUT2D eigenvalue weighted by molar-refractivity contribution is 7.89. The van der Waals surface area contributed by atoms with Gasteiger partial charge in [0.15, 0.2) is 0 Å². The third-order valence-corrected chi connectivity index (χ3v) is 5.74. The predicted octanol–water partition coefficient (Wildman–Crippen LogP) is 0.443. The van der Waals surface area contributed by atoms with E-state index in [-0.39, 0.29) is 10.8 Å². The van der Waals surface area contributed by atoms with Crippen molar-refractivity contribution in [2.75, 3.05) is 28.3 Å². The first-order chi connectivity index (χ1) is 12.7. The fraction of sp³-hybridized carbons (Fsp3) is 0.316. The number of hydrogen-bond acceptors (Lipinski definition) is 4. The van der Waals surface area contributed by atoms with E-state index in [1.807, 2.05) is 12.1 Å². The predicted molar refractivity (Wildman–Crippen MR) is 103 cm³/mol. The molecule has 8 heteroatoms. The maximum Gasteiger partial charge on any atom is 0.264 e. The third kappa shape index (κ3) is 5.61. The summed E-state index contributed by atoms with van der Waals surface area (Å²) < 4.78 is 25.1. The molecule has 1 amide bonds. The molecule has 0 aliphatic carbocycles. The Morgan fingerprint density at radius 3 is 2.11 bits per heavy atom. The average Bonchev–Trinajstić information content (AvgIpc) is 2.66. The van der Waals surface area contributed by atoms with Gasteiger partial charge in [-0.1, -0.05) is 28.7 Å². The second kappa shape index (κ2) is 9.09. The molecule has 0 unspecified atom stereocenters. The quantitative estimate of drug-likeness (QED) is 0.639. The van der Waals surface area contributed by atoms with Crippen LogP contribution in [-0.2, 0) is 28.0 Å². The number of hydrogen-bond donors (Lipinski definition) is 2. The zero-order valence-corrected chi connectivity index (χ0v) is 16.8. The van der Waals surface area contributed by atoms with Gasteiger partial charge in [0.05, 0.1) is 26.1 Å². The number of hydroxylamine groups is 1. The minimum atomic E-state index is -3.72. The Hall–Kier alpha value is -2.26. The lowest BCUT2D eigenvalue weighted by molar-refractivity contribution is -0.872. The number of nitrogens with zero attached hydrogens (tertiary/aromatic N) is 1. The molecule has 146 valence electrons. The summed E-state index contributed by atoms with van der Waals surface area (Å²) in [6.07, 6.45) is 0. The molecule has 2 aromatic rings. The summed E-state index contributed by atoms with van der Waals surface area (Å²) in [6.45, 7) is 1.35. The van der Waals surface area contributed by atoms with E-state index in [0.717, 1.165) is 16.6 Å². The van der Waals surface area contributed by atoms with E-state index in [2.05, 4.69) is 31.5 Å². The van der Waals surface area contributed by atoms with Gasteiger partial charge in [0, 0.05) is 24.7 Å². The molecular formula is C19H26N3O4S+. The summed E-state index contributed by atoms with van der Waals surface area (Å²) in [5.41, 5.74) is 2.63. The fourth-order valence-electron chi connectivity index (χ4n) is 2.49. The molecule has 0 aliphatic rings. The van der Waals surface area contributed by atoms with Crippen molar-refractivity contribution in [3.05, 3.63) is 65.2 Å². The van der Waals surface area contributed by atoms with Crippen LogP contribution in [-0.4, -0.2) is 47.0 Å². The number of quaternary nitrogens is 1. The molecule has 0 spiro atoms. The number of carbonyl (C=O) groups is 1.